The molecule has 1 N–H and O–H groups in total. The van der Waals surface area contributed by atoms with Gasteiger partial charge < -0.3 is 5.11 Å². The molecule has 0 unspecified atom stereocenters. The quantitative estimate of drug-likeness (QED) is 0.139. The van der Waals surface area contributed by atoms with Gasteiger partial charge in [-0.15, -0.1) is 35.0 Å². The number of para-hydroxylation sites is 2. The molecule has 0 aliphatic carbocycles. The minimum absolute atomic E-state index is 0. The summed E-state index contributed by atoms with van der Waals surface area (Å²) in [6, 6.07) is 41.7. The van der Waals surface area contributed by atoms with Crippen LogP contribution in [-0.4, -0.2) is 27.7 Å². The monoisotopic (exact) mass is 853 g/mol. The van der Waals surface area contributed by atoms with E-state index in [1.165, 1.54) is 21.9 Å². The molecule has 3 heterocycles. The summed E-state index contributed by atoms with van der Waals surface area (Å²) in [6.07, 6.45) is 1.94. The summed E-state index contributed by atoms with van der Waals surface area (Å²) in [6.45, 7) is 18.2. The average molecular weight is 854 g/mol. The predicted octanol–water partition coefficient (Wildman–Crippen LogP) is 9.83. The van der Waals surface area contributed by atoms with Crippen molar-refractivity contribution in [1.29, 1.82) is 0 Å². The predicted molar refractivity (Wildman–Crippen MR) is 208 cm³/mol. The van der Waals surface area contributed by atoms with Crippen LogP contribution in [0.2, 0.25) is 13.1 Å². The molecule has 0 saturated carbocycles. The van der Waals surface area contributed by atoms with Crippen molar-refractivity contribution in [3.63, 3.8) is 0 Å². The van der Waals surface area contributed by atoms with Crippen molar-refractivity contribution in [3.05, 3.63) is 133 Å². The smallest absolute Gasteiger partial charge is 0.139 e. The molecule has 7 aromatic rings. The fourth-order valence-electron chi connectivity index (χ4n) is 6.77. The van der Waals surface area contributed by atoms with Crippen LogP contribution in [-0.2, 0) is 31.9 Å². The zero-order valence-corrected chi connectivity index (χ0v) is 33.3. The Morgan fingerprint density at radius 3 is 2.12 bits per heavy atom. The van der Waals surface area contributed by atoms with Gasteiger partial charge in [-0.25, -0.2) is 0 Å². The molecule has 50 heavy (non-hydrogen) atoms. The molecule has 7 rings (SSSR count). The third-order valence-corrected chi connectivity index (χ3v) is 13.0. The van der Waals surface area contributed by atoms with Crippen LogP contribution in [0.4, 0.5) is 0 Å². The Hall–Kier alpha value is -4.31. The zero-order chi connectivity index (χ0) is 34.7. The Balaban J connectivity index is 0.00000432. The molecule has 0 amide bonds. The standard InChI is InChI=1S/C44H44N3OSi.Pt/c1-43(2,3)32-21-22-37-34(27-32)35-28-36(44(4,5)6)41(46-42(35)47(37)38-19-12-13-20-39(38)48)31-17-14-18-33(25-31)49(7,8)40-26-30(23-24-45-40)29-15-10-9-11-16-29;/h9-24,26-28,48H,1-8H3;/q-1;. The summed E-state index contributed by atoms with van der Waals surface area (Å²) in [5.41, 5.74) is 9.01. The Morgan fingerprint density at radius 1 is 0.700 bits per heavy atom. The van der Waals surface area contributed by atoms with Gasteiger partial charge in [0.25, 0.3) is 0 Å². The summed E-state index contributed by atoms with van der Waals surface area (Å²) in [7, 11) is -2.26. The van der Waals surface area contributed by atoms with E-state index in [1.54, 1.807) is 6.07 Å². The Bertz CT molecular complexity index is 2350. The van der Waals surface area contributed by atoms with Gasteiger partial charge in [0, 0.05) is 43.4 Å². The van der Waals surface area contributed by atoms with Gasteiger partial charge in [0.2, 0.25) is 0 Å². The summed E-state index contributed by atoms with van der Waals surface area (Å²) in [5.74, 6) is 0.219. The van der Waals surface area contributed by atoms with Crippen LogP contribution >= 0.6 is 0 Å². The maximum Gasteiger partial charge on any atom is 0.139 e. The minimum atomic E-state index is -2.26. The molecular weight excluding hydrogens is 810 g/mol. The van der Waals surface area contributed by atoms with E-state index in [4.69, 9.17) is 9.97 Å². The molecule has 256 valence electrons. The van der Waals surface area contributed by atoms with E-state index < -0.39 is 8.07 Å². The van der Waals surface area contributed by atoms with Crippen molar-refractivity contribution in [2.24, 2.45) is 0 Å². The Kier molecular flexibility index (Phi) is 9.30. The van der Waals surface area contributed by atoms with Crippen LogP contribution in [0.15, 0.2) is 115 Å². The number of nitrogens with zero attached hydrogens (tertiary/aromatic N) is 3. The molecule has 6 heteroatoms. The van der Waals surface area contributed by atoms with Crippen LogP contribution in [0.5, 0.6) is 5.75 Å². The van der Waals surface area contributed by atoms with E-state index in [2.05, 4.69) is 144 Å². The van der Waals surface area contributed by atoms with Gasteiger partial charge in [0.1, 0.15) is 19.5 Å². The molecular formula is C44H44N3OPtSi-. The largest absolute Gasteiger partial charge is 0.506 e. The third-order valence-electron chi connectivity index (χ3n) is 9.77. The summed E-state index contributed by atoms with van der Waals surface area (Å²) < 4.78 is 2.11. The number of aromatic nitrogens is 3. The van der Waals surface area contributed by atoms with E-state index in [-0.39, 0.29) is 37.6 Å². The Morgan fingerprint density at radius 2 is 1.42 bits per heavy atom. The molecule has 0 aliphatic rings. The molecule has 0 saturated heterocycles. The average Bonchev–Trinajstić information content (AvgIpc) is 3.40. The van der Waals surface area contributed by atoms with Crippen LogP contribution in [0.25, 0.3) is 50.0 Å². The molecule has 0 aliphatic heterocycles. The van der Waals surface area contributed by atoms with Gasteiger partial charge in [-0.2, -0.15) is 0 Å². The number of hydrogen-bond acceptors (Lipinski definition) is 3. The van der Waals surface area contributed by atoms with Gasteiger partial charge in [0.15, 0.2) is 0 Å². The van der Waals surface area contributed by atoms with Gasteiger partial charge in [-0.05, 0) is 69.6 Å². The Labute approximate surface area is 311 Å². The molecule has 0 spiro atoms. The first kappa shape index (κ1) is 35.5. The second-order valence-electron chi connectivity index (χ2n) is 15.7. The number of phenols is 1. The number of hydrogen-bond donors (Lipinski definition) is 1. The molecule has 0 fully saturated rings. The maximum absolute atomic E-state index is 11.1. The second-order valence-corrected chi connectivity index (χ2v) is 20.0. The number of pyridine rings is 2. The van der Waals surface area contributed by atoms with E-state index in [9.17, 15) is 5.11 Å². The van der Waals surface area contributed by atoms with Crippen molar-refractivity contribution in [3.8, 4) is 33.8 Å². The number of benzene rings is 4. The third kappa shape index (κ3) is 6.38. The zero-order valence-electron chi connectivity index (χ0n) is 30.1. The van der Waals surface area contributed by atoms with Gasteiger partial charge in [-0.1, -0.05) is 115 Å². The topological polar surface area (TPSA) is 50.9 Å². The first-order valence-electron chi connectivity index (χ1n) is 17.1. The molecule has 3 aromatic heterocycles. The van der Waals surface area contributed by atoms with Crippen molar-refractivity contribution in [1.82, 2.24) is 14.5 Å². The summed E-state index contributed by atoms with van der Waals surface area (Å²) in [5, 5.41) is 15.6. The van der Waals surface area contributed by atoms with Crippen molar-refractivity contribution in [2.75, 3.05) is 0 Å². The van der Waals surface area contributed by atoms with Crippen molar-refractivity contribution >= 4 is 40.5 Å². The van der Waals surface area contributed by atoms with Crippen LogP contribution in [0.1, 0.15) is 52.7 Å². The fraction of sp³-hybridized carbons (Fsp3) is 0.227. The number of phenolic OH excluding ortho intramolecular Hbond substituents is 1. The SMILES string of the molecule is CC(C)(C)c1ccc2c(c1)c1cc(C(C)(C)C)c(-c3[c-]c([Si](C)(C)c4cc(-c5ccccc5)ccn4)ccc3)nc1n2-c1ccccc1O.[Pt]. The fourth-order valence-corrected chi connectivity index (χ4v) is 8.92. The van der Waals surface area contributed by atoms with E-state index in [1.807, 2.05) is 30.5 Å². The summed E-state index contributed by atoms with van der Waals surface area (Å²) >= 11 is 0. The van der Waals surface area contributed by atoms with Crippen molar-refractivity contribution in [2.45, 2.75) is 65.5 Å². The minimum Gasteiger partial charge on any atom is -0.506 e. The first-order valence-corrected chi connectivity index (χ1v) is 20.1. The van der Waals surface area contributed by atoms with Crippen LogP contribution < -0.4 is 10.5 Å². The maximum atomic E-state index is 11.1. The van der Waals surface area contributed by atoms with E-state index in [0.29, 0.717) is 5.69 Å². The molecule has 0 radical (unpaired) electrons. The normalized spacial score (nSPS) is 12.3. The molecule has 0 bridgehead atoms. The number of aromatic hydroxyl groups is 1. The number of fused-ring (bicyclic) bond motifs is 3. The van der Waals surface area contributed by atoms with Crippen LogP contribution in [0, 0.1) is 6.07 Å². The van der Waals surface area contributed by atoms with E-state index >= 15 is 0 Å². The molecule has 4 aromatic carbocycles. The van der Waals surface area contributed by atoms with Gasteiger partial charge in [-0.3, -0.25) is 14.5 Å². The molecule has 4 nitrogen and oxygen atoms in total. The van der Waals surface area contributed by atoms with Crippen LogP contribution in [0.3, 0.4) is 0 Å². The summed E-state index contributed by atoms with van der Waals surface area (Å²) in [4.78, 5) is 10.4. The second kappa shape index (κ2) is 13.1. The number of rotatable bonds is 5. The van der Waals surface area contributed by atoms with E-state index in [0.717, 1.165) is 44.1 Å². The van der Waals surface area contributed by atoms with Crippen molar-refractivity contribution < 1.29 is 26.2 Å². The first-order chi connectivity index (χ1) is 23.2. The van der Waals surface area contributed by atoms with Gasteiger partial charge >= 0.3 is 0 Å². The molecule has 0 atom stereocenters. The van der Waals surface area contributed by atoms with Gasteiger partial charge in [0.05, 0.1) is 11.2 Å².